The minimum Gasteiger partial charge on any atom is -0.337 e. The molecule has 0 atom stereocenters. The van der Waals surface area contributed by atoms with Crippen LogP contribution in [0, 0.1) is 24.2 Å². The average Bonchev–Trinajstić information content (AvgIpc) is 3.17. The zero-order chi connectivity index (χ0) is 22.3. The number of aromatic nitrogens is 2. The van der Waals surface area contributed by atoms with Crippen LogP contribution in [0.15, 0.2) is 12.1 Å². The Balaban J connectivity index is 1.51. The van der Waals surface area contributed by atoms with Gasteiger partial charge >= 0.3 is 6.18 Å². The van der Waals surface area contributed by atoms with Crippen LogP contribution < -0.4 is 0 Å². The Morgan fingerprint density at radius 1 is 1.26 bits per heavy atom. The van der Waals surface area contributed by atoms with E-state index in [1.54, 1.807) is 9.80 Å². The van der Waals surface area contributed by atoms with Gasteiger partial charge in [-0.05, 0) is 36.8 Å². The van der Waals surface area contributed by atoms with Gasteiger partial charge in [-0.1, -0.05) is 12.1 Å². The highest BCUT2D eigenvalue weighted by atomic mass is 19.4. The maximum Gasteiger partial charge on any atom is 0.419 e. The number of halogens is 4. The van der Waals surface area contributed by atoms with Crippen LogP contribution in [-0.2, 0) is 19.1 Å². The van der Waals surface area contributed by atoms with Crippen LogP contribution in [0.25, 0.3) is 0 Å². The number of benzene rings is 1. The van der Waals surface area contributed by atoms with Crippen molar-refractivity contribution in [2.24, 2.45) is 0 Å². The SMILES string of the molecule is Cc1ccc(C2CCN(C(=O)c3n[nH]c4c3CN(C#N)CC4)CC2)c(C(F)(F)F)c1F. The molecule has 1 amide bonds. The highest BCUT2D eigenvalue weighted by molar-refractivity contribution is 5.94. The van der Waals surface area contributed by atoms with Crippen molar-refractivity contribution in [3.8, 4) is 6.19 Å². The maximum atomic E-state index is 14.3. The highest BCUT2D eigenvalue weighted by Crippen LogP contribution is 2.41. The van der Waals surface area contributed by atoms with Crippen molar-refractivity contribution in [1.29, 1.82) is 5.26 Å². The van der Waals surface area contributed by atoms with E-state index in [1.807, 2.05) is 0 Å². The van der Waals surface area contributed by atoms with Crippen molar-refractivity contribution in [1.82, 2.24) is 20.0 Å². The normalized spacial score (nSPS) is 17.4. The van der Waals surface area contributed by atoms with Crippen molar-refractivity contribution in [3.63, 3.8) is 0 Å². The average molecular weight is 435 g/mol. The van der Waals surface area contributed by atoms with Gasteiger partial charge in [0.1, 0.15) is 5.82 Å². The number of likely N-dealkylation sites (tertiary alicyclic amines) is 1. The Bertz CT molecular complexity index is 1050. The molecule has 1 aromatic carbocycles. The molecule has 31 heavy (non-hydrogen) atoms. The molecule has 1 saturated heterocycles. The molecule has 2 aliphatic heterocycles. The molecule has 164 valence electrons. The molecule has 0 radical (unpaired) electrons. The van der Waals surface area contributed by atoms with Gasteiger partial charge < -0.3 is 9.80 Å². The smallest absolute Gasteiger partial charge is 0.337 e. The van der Waals surface area contributed by atoms with E-state index in [2.05, 4.69) is 16.4 Å². The van der Waals surface area contributed by atoms with Crippen molar-refractivity contribution in [2.75, 3.05) is 19.6 Å². The number of carbonyl (C=O) groups is 1. The minimum atomic E-state index is -4.78. The number of fused-ring (bicyclic) bond motifs is 1. The summed E-state index contributed by atoms with van der Waals surface area (Å²) >= 11 is 0. The Morgan fingerprint density at radius 3 is 2.61 bits per heavy atom. The van der Waals surface area contributed by atoms with E-state index < -0.39 is 23.5 Å². The summed E-state index contributed by atoms with van der Waals surface area (Å²) in [5.74, 6) is -2.02. The number of hydrogen-bond donors (Lipinski definition) is 1. The van der Waals surface area contributed by atoms with E-state index >= 15 is 0 Å². The van der Waals surface area contributed by atoms with Crippen LogP contribution >= 0.6 is 0 Å². The van der Waals surface area contributed by atoms with Gasteiger partial charge in [0.25, 0.3) is 5.91 Å². The topological polar surface area (TPSA) is 76.0 Å². The van der Waals surface area contributed by atoms with Crippen LogP contribution in [0.2, 0.25) is 0 Å². The molecule has 2 aromatic rings. The summed E-state index contributed by atoms with van der Waals surface area (Å²) in [6.45, 7) is 2.67. The van der Waals surface area contributed by atoms with Gasteiger partial charge in [0.05, 0.1) is 12.1 Å². The number of nitrogens with zero attached hydrogens (tertiary/aromatic N) is 4. The molecular weight excluding hydrogens is 414 g/mol. The molecular formula is C21H21F4N5O. The molecule has 0 aliphatic carbocycles. The molecule has 2 aliphatic rings. The second-order valence-electron chi connectivity index (χ2n) is 8.03. The molecule has 0 spiro atoms. The summed E-state index contributed by atoms with van der Waals surface area (Å²) in [5.41, 5.74) is 0.485. The van der Waals surface area contributed by atoms with Gasteiger partial charge in [-0.15, -0.1) is 0 Å². The van der Waals surface area contributed by atoms with Crippen molar-refractivity contribution >= 4 is 5.91 Å². The predicted molar refractivity (Wildman–Crippen MR) is 102 cm³/mol. The molecule has 0 saturated carbocycles. The predicted octanol–water partition coefficient (Wildman–Crippen LogP) is 3.74. The van der Waals surface area contributed by atoms with E-state index in [1.165, 1.54) is 19.1 Å². The van der Waals surface area contributed by atoms with Gasteiger partial charge in [0, 0.05) is 37.3 Å². The van der Waals surface area contributed by atoms with Crippen molar-refractivity contribution in [3.05, 3.63) is 51.6 Å². The lowest BCUT2D eigenvalue weighted by molar-refractivity contribution is -0.141. The zero-order valence-electron chi connectivity index (χ0n) is 16.9. The van der Waals surface area contributed by atoms with Gasteiger partial charge in [0.15, 0.2) is 11.9 Å². The first kappa shape index (κ1) is 21.2. The number of carbonyl (C=O) groups excluding carboxylic acids is 1. The summed E-state index contributed by atoms with van der Waals surface area (Å²) in [6, 6.07) is 2.72. The fourth-order valence-electron chi connectivity index (χ4n) is 4.42. The second kappa shape index (κ2) is 7.87. The van der Waals surface area contributed by atoms with Crippen LogP contribution in [0.3, 0.4) is 0 Å². The molecule has 3 heterocycles. The maximum absolute atomic E-state index is 14.3. The lowest BCUT2D eigenvalue weighted by Gasteiger charge is -2.33. The van der Waals surface area contributed by atoms with Crippen LogP contribution in [0.1, 0.15) is 57.2 Å². The third kappa shape index (κ3) is 3.84. The molecule has 0 unspecified atom stereocenters. The Hall–Kier alpha value is -3.09. The lowest BCUT2D eigenvalue weighted by Crippen LogP contribution is -2.39. The van der Waals surface area contributed by atoms with Crippen molar-refractivity contribution < 1.29 is 22.4 Å². The largest absolute Gasteiger partial charge is 0.419 e. The molecule has 1 fully saturated rings. The number of hydrogen-bond acceptors (Lipinski definition) is 4. The van der Waals surface area contributed by atoms with E-state index in [0.717, 1.165) is 5.69 Å². The first-order chi connectivity index (χ1) is 14.7. The molecule has 0 bridgehead atoms. The number of rotatable bonds is 2. The van der Waals surface area contributed by atoms with E-state index in [-0.39, 0.29) is 35.8 Å². The minimum absolute atomic E-state index is 0.0431. The van der Waals surface area contributed by atoms with Gasteiger partial charge in [-0.2, -0.15) is 23.5 Å². The van der Waals surface area contributed by atoms with Gasteiger partial charge in [0.2, 0.25) is 0 Å². The van der Waals surface area contributed by atoms with E-state index in [9.17, 15) is 22.4 Å². The number of nitrogens with one attached hydrogen (secondary N) is 1. The Labute approximate surface area is 176 Å². The van der Waals surface area contributed by atoms with Crippen LogP contribution in [0.5, 0.6) is 0 Å². The monoisotopic (exact) mass is 435 g/mol. The number of alkyl halides is 3. The summed E-state index contributed by atoms with van der Waals surface area (Å²) in [7, 11) is 0. The second-order valence-corrected chi connectivity index (χ2v) is 8.03. The van der Waals surface area contributed by atoms with Crippen molar-refractivity contribution in [2.45, 2.75) is 44.8 Å². The zero-order valence-corrected chi connectivity index (χ0v) is 16.9. The number of aromatic amines is 1. The Morgan fingerprint density at radius 2 is 1.97 bits per heavy atom. The number of H-pyrrole nitrogens is 1. The quantitative estimate of drug-likeness (QED) is 0.576. The molecule has 1 N–H and O–H groups in total. The number of amides is 1. The summed E-state index contributed by atoms with van der Waals surface area (Å²) in [5, 5.41) is 16.1. The first-order valence-corrected chi connectivity index (χ1v) is 10.1. The standard InChI is InChI=1S/C21H21F4N5O/c1-12-2-3-14(17(18(12)22)21(23,24)25)13-4-8-30(9-5-13)20(31)19-15-10-29(11-26)7-6-16(15)27-28-19/h2-3,13H,4-10H2,1H3,(H,27,28). The van der Waals surface area contributed by atoms with E-state index in [4.69, 9.17) is 5.26 Å². The number of aryl methyl sites for hydroxylation is 1. The summed E-state index contributed by atoms with van der Waals surface area (Å²) in [6.07, 6.45) is -1.52. The number of piperidine rings is 1. The Kier molecular flexibility index (Phi) is 5.37. The molecule has 1 aromatic heterocycles. The van der Waals surface area contributed by atoms with Gasteiger partial charge in [-0.3, -0.25) is 9.89 Å². The number of nitriles is 1. The third-order valence-electron chi connectivity index (χ3n) is 6.15. The summed E-state index contributed by atoms with van der Waals surface area (Å²) < 4.78 is 54.8. The summed E-state index contributed by atoms with van der Waals surface area (Å²) in [4.78, 5) is 16.1. The fraction of sp³-hybridized carbons (Fsp3) is 0.476. The van der Waals surface area contributed by atoms with Crippen LogP contribution in [-0.4, -0.2) is 45.5 Å². The van der Waals surface area contributed by atoms with Crippen LogP contribution in [0.4, 0.5) is 17.6 Å². The molecule has 4 rings (SSSR count). The molecule has 6 nitrogen and oxygen atoms in total. The van der Waals surface area contributed by atoms with E-state index in [0.29, 0.717) is 37.9 Å². The first-order valence-electron chi connectivity index (χ1n) is 10.1. The highest BCUT2D eigenvalue weighted by Gasteiger charge is 2.40. The lowest BCUT2D eigenvalue weighted by atomic mass is 9.85. The molecule has 10 heteroatoms. The van der Waals surface area contributed by atoms with Gasteiger partial charge in [-0.25, -0.2) is 4.39 Å². The third-order valence-corrected chi connectivity index (χ3v) is 6.15. The fourth-order valence-corrected chi connectivity index (χ4v) is 4.42.